The molecule has 0 unspecified atom stereocenters. The average molecular weight is 348 g/mol. The molecule has 0 saturated heterocycles. The summed E-state index contributed by atoms with van der Waals surface area (Å²) in [4.78, 5) is 11.6. The van der Waals surface area contributed by atoms with Crippen molar-refractivity contribution in [2.24, 2.45) is 0 Å². The Morgan fingerprint density at radius 2 is 1.46 bits per heavy atom. The van der Waals surface area contributed by atoms with Crippen LogP contribution in [0.15, 0.2) is 42.5 Å². The van der Waals surface area contributed by atoms with Crippen LogP contribution in [-0.2, 0) is 17.1 Å². The molecule has 0 aromatic heterocycles. The minimum atomic E-state index is -4.89. The predicted molar refractivity (Wildman–Crippen MR) is 73.2 cm³/mol. The molecular formula is C16H10F6O2. The molecule has 0 spiro atoms. The summed E-state index contributed by atoms with van der Waals surface area (Å²) in [5.74, 6) is -1.18. The van der Waals surface area contributed by atoms with Gasteiger partial charge in [-0.15, -0.1) is 0 Å². The first-order valence-corrected chi connectivity index (χ1v) is 6.52. The maximum absolute atomic E-state index is 13.4. The van der Waals surface area contributed by atoms with E-state index in [2.05, 4.69) is 4.74 Å². The SMILES string of the molecule is COC(=O)c1cccc(-c2ccc(C(F)(F)F)cc2)c1C(F)(F)F. The van der Waals surface area contributed by atoms with Crippen LogP contribution < -0.4 is 0 Å². The van der Waals surface area contributed by atoms with E-state index in [0.717, 1.165) is 31.4 Å². The highest BCUT2D eigenvalue weighted by Crippen LogP contribution is 2.40. The molecule has 0 heterocycles. The van der Waals surface area contributed by atoms with Gasteiger partial charge in [-0.2, -0.15) is 26.3 Å². The number of hydrogen-bond acceptors (Lipinski definition) is 2. The summed E-state index contributed by atoms with van der Waals surface area (Å²) in [6, 6.07) is 6.44. The summed E-state index contributed by atoms with van der Waals surface area (Å²) >= 11 is 0. The summed E-state index contributed by atoms with van der Waals surface area (Å²) < 4.78 is 82.2. The molecule has 0 aliphatic rings. The number of alkyl halides is 6. The Kier molecular flexibility index (Phi) is 4.59. The van der Waals surface area contributed by atoms with Crippen molar-refractivity contribution in [1.82, 2.24) is 0 Å². The molecule has 0 radical (unpaired) electrons. The van der Waals surface area contributed by atoms with Gasteiger partial charge in [-0.3, -0.25) is 0 Å². The molecule has 0 amide bonds. The van der Waals surface area contributed by atoms with Gasteiger partial charge < -0.3 is 4.74 Å². The molecule has 0 N–H and O–H groups in total. The van der Waals surface area contributed by atoms with E-state index in [1.165, 1.54) is 6.07 Å². The lowest BCUT2D eigenvalue weighted by Crippen LogP contribution is -2.15. The van der Waals surface area contributed by atoms with E-state index in [0.29, 0.717) is 12.1 Å². The monoisotopic (exact) mass is 348 g/mol. The topological polar surface area (TPSA) is 26.3 Å². The zero-order valence-electron chi connectivity index (χ0n) is 12.1. The average Bonchev–Trinajstić information content (AvgIpc) is 2.52. The Morgan fingerprint density at radius 3 is 1.92 bits per heavy atom. The Morgan fingerprint density at radius 1 is 0.875 bits per heavy atom. The number of esters is 1. The summed E-state index contributed by atoms with van der Waals surface area (Å²) in [7, 11) is 0.938. The molecule has 24 heavy (non-hydrogen) atoms. The third-order valence-electron chi connectivity index (χ3n) is 3.28. The normalized spacial score (nSPS) is 12.1. The van der Waals surface area contributed by atoms with Gasteiger partial charge in [0.25, 0.3) is 0 Å². The molecule has 128 valence electrons. The lowest BCUT2D eigenvalue weighted by Gasteiger charge is -2.17. The van der Waals surface area contributed by atoms with Crippen LogP contribution in [-0.4, -0.2) is 13.1 Å². The molecule has 2 nitrogen and oxygen atoms in total. The van der Waals surface area contributed by atoms with Crippen molar-refractivity contribution in [2.45, 2.75) is 12.4 Å². The van der Waals surface area contributed by atoms with Crippen LogP contribution in [0.25, 0.3) is 11.1 Å². The van der Waals surface area contributed by atoms with E-state index in [1.807, 2.05) is 0 Å². The molecule has 2 aromatic carbocycles. The zero-order chi connectivity index (χ0) is 18.1. The third kappa shape index (κ3) is 3.52. The minimum absolute atomic E-state index is 0.0962. The summed E-state index contributed by atoms with van der Waals surface area (Å²) in [5.41, 5.74) is -3.44. The second-order valence-corrected chi connectivity index (χ2v) is 4.79. The summed E-state index contributed by atoms with van der Waals surface area (Å²) in [5, 5.41) is 0. The van der Waals surface area contributed by atoms with Crippen molar-refractivity contribution in [1.29, 1.82) is 0 Å². The maximum Gasteiger partial charge on any atom is 0.417 e. The van der Waals surface area contributed by atoms with E-state index < -0.39 is 40.6 Å². The van der Waals surface area contributed by atoms with Crippen molar-refractivity contribution in [3.63, 3.8) is 0 Å². The Balaban J connectivity index is 2.64. The van der Waals surface area contributed by atoms with Crippen LogP contribution in [0.5, 0.6) is 0 Å². The molecule has 8 heteroatoms. The van der Waals surface area contributed by atoms with E-state index in [-0.39, 0.29) is 5.56 Å². The van der Waals surface area contributed by atoms with E-state index in [4.69, 9.17) is 0 Å². The molecule has 2 rings (SSSR count). The second-order valence-electron chi connectivity index (χ2n) is 4.79. The van der Waals surface area contributed by atoms with Crippen LogP contribution in [0.3, 0.4) is 0 Å². The van der Waals surface area contributed by atoms with Gasteiger partial charge in [-0.05, 0) is 29.3 Å². The molecule has 0 atom stereocenters. The van der Waals surface area contributed by atoms with Gasteiger partial charge in [0, 0.05) is 0 Å². The van der Waals surface area contributed by atoms with Gasteiger partial charge in [0.05, 0.1) is 23.8 Å². The standard InChI is InChI=1S/C16H10F6O2/c1-24-14(23)12-4-2-3-11(13(12)16(20,21)22)9-5-7-10(8-6-9)15(17,18)19/h2-8H,1H3. The molecule has 0 aliphatic heterocycles. The van der Waals surface area contributed by atoms with Crippen molar-refractivity contribution >= 4 is 5.97 Å². The Bertz CT molecular complexity index is 745. The van der Waals surface area contributed by atoms with E-state index in [1.54, 1.807) is 0 Å². The lowest BCUT2D eigenvalue weighted by molar-refractivity contribution is -0.138. The van der Waals surface area contributed by atoms with Crippen LogP contribution >= 0.6 is 0 Å². The number of ether oxygens (including phenoxy) is 1. The van der Waals surface area contributed by atoms with Gasteiger partial charge in [0.15, 0.2) is 0 Å². The zero-order valence-corrected chi connectivity index (χ0v) is 12.1. The van der Waals surface area contributed by atoms with Crippen molar-refractivity contribution in [3.05, 3.63) is 59.2 Å². The van der Waals surface area contributed by atoms with Crippen LogP contribution in [0.4, 0.5) is 26.3 Å². The van der Waals surface area contributed by atoms with Gasteiger partial charge in [0.1, 0.15) is 0 Å². The predicted octanol–water partition coefficient (Wildman–Crippen LogP) is 5.18. The van der Waals surface area contributed by atoms with Crippen molar-refractivity contribution in [3.8, 4) is 11.1 Å². The third-order valence-corrected chi connectivity index (χ3v) is 3.28. The van der Waals surface area contributed by atoms with Gasteiger partial charge >= 0.3 is 18.3 Å². The highest BCUT2D eigenvalue weighted by molar-refractivity contribution is 5.94. The second kappa shape index (κ2) is 6.18. The van der Waals surface area contributed by atoms with Crippen molar-refractivity contribution in [2.75, 3.05) is 7.11 Å². The summed E-state index contributed by atoms with van der Waals surface area (Å²) in [6.07, 6.45) is -9.48. The van der Waals surface area contributed by atoms with Crippen LogP contribution in [0.2, 0.25) is 0 Å². The van der Waals surface area contributed by atoms with Crippen molar-refractivity contribution < 1.29 is 35.9 Å². The first-order valence-electron chi connectivity index (χ1n) is 6.52. The Hall–Kier alpha value is -2.51. The number of halogens is 6. The van der Waals surface area contributed by atoms with Crippen LogP contribution in [0, 0.1) is 0 Å². The first-order chi connectivity index (χ1) is 11.1. The molecule has 0 aliphatic carbocycles. The molecule has 0 fully saturated rings. The van der Waals surface area contributed by atoms with E-state index >= 15 is 0 Å². The maximum atomic E-state index is 13.4. The molecular weight excluding hydrogens is 338 g/mol. The number of rotatable bonds is 2. The summed E-state index contributed by atoms with van der Waals surface area (Å²) in [6.45, 7) is 0. The lowest BCUT2D eigenvalue weighted by atomic mass is 9.94. The quantitative estimate of drug-likeness (QED) is 0.552. The fourth-order valence-electron chi connectivity index (χ4n) is 2.22. The number of benzene rings is 2. The largest absolute Gasteiger partial charge is 0.465 e. The molecule has 0 saturated carbocycles. The van der Waals surface area contributed by atoms with E-state index in [9.17, 15) is 31.1 Å². The van der Waals surface area contributed by atoms with Gasteiger partial charge in [-0.1, -0.05) is 24.3 Å². The molecule has 2 aromatic rings. The first kappa shape index (κ1) is 17.8. The number of methoxy groups -OCH3 is 1. The highest BCUT2D eigenvalue weighted by Gasteiger charge is 2.38. The number of hydrogen-bond donors (Lipinski definition) is 0. The fourth-order valence-corrected chi connectivity index (χ4v) is 2.22. The Labute approximate surface area is 132 Å². The highest BCUT2D eigenvalue weighted by atomic mass is 19.4. The van der Waals surface area contributed by atoms with Gasteiger partial charge in [0.2, 0.25) is 0 Å². The number of carbonyl (C=O) groups excluding carboxylic acids is 1. The number of carbonyl (C=O) groups is 1. The minimum Gasteiger partial charge on any atom is -0.465 e. The van der Waals surface area contributed by atoms with Gasteiger partial charge in [-0.25, -0.2) is 4.79 Å². The van der Waals surface area contributed by atoms with Crippen LogP contribution in [0.1, 0.15) is 21.5 Å². The molecule has 0 bridgehead atoms. The fraction of sp³-hybridized carbons (Fsp3) is 0.188. The smallest absolute Gasteiger partial charge is 0.417 e.